The zero-order valence-corrected chi connectivity index (χ0v) is 12.1. The van der Waals surface area contributed by atoms with Gasteiger partial charge in [0.1, 0.15) is 0 Å². The Morgan fingerprint density at radius 1 is 0.905 bits per heavy atom. The van der Waals surface area contributed by atoms with E-state index >= 15 is 0 Å². The average molecular weight is 298 g/mol. The van der Waals surface area contributed by atoms with Gasteiger partial charge in [-0.1, -0.05) is 6.92 Å². The highest BCUT2D eigenvalue weighted by Crippen LogP contribution is 2.12. The van der Waals surface area contributed by atoms with Gasteiger partial charge in [-0.15, -0.1) is 5.06 Å². The molecule has 116 valence electrons. The van der Waals surface area contributed by atoms with Crippen molar-refractivity contribution in [2.24, 2.45) is 0 Å². The lowest BCUT2D eigenvalue weighted by Crippen LogP contribution is -2.31. The van der Waals surface area contributed by atoms with Crippen LogP contribution in [0.5, 0.6) is 0 Å². The van der Waals surface area contributed by atoms with Crippen molar-refractivity contribution in [1.82, 2.24) is 9.96 Å². The summed E-state index contributed by atoms with van der Waals surface area (Å²) in [7, 11) is 0. The van der Waals surface area contributed by atoms with Crippen LogP contribution in [-0.4, -0.2) is 46.1 Å². The molecule has 0 aromatic rings. The highest BCUT2D eigenvalue weighted by Gasteiger charge is 2.32. The Morgan fingerprint density at radius 3 is 1.67 bits per heavy atom. The molecular weight excluding hydrogens is 280 g/mol. The molecule has 2 aliphatic rings. The largest absolute Gasteiger partial charge is 0.332 e. The van der Waals surface area contributed by atoms with E-state index in [0.29, 0.717) is 24.4 Å². The number of carbonyl (C=O) groups excluding carboxylic acids is 5. The van der Waals surface area contributed by atoms with Crippen LogP contribution in [-0.2, 0) is 28.8 Å². The second kappa shape index (κ2) is 7.51. The third-order valence-corrected chi connectivity index (χ3v) is 2.96. The molecule has 0 saturated carbocycles. The molecule has 0 radical (unpaired) electrons. The maximum atomic E-state index is 10.9. The minimum Gasteiger partial charge on any atom is -0.330 e. The molecule has 0 unspecified atom stereocenters. The Hall–Kier alpha value is -2.25. The van der Waals surface area contributed by atoms with Crippen LogP contribution >= 0.6 is 0 Å². The number of amides is 4. The summed E-state index contributed by atoms with van der Waals surface area (Å²) in [4.78, 5) is 59.6. The first kappa shape index (κ1) is 16.8. The van der Waals surface area contributed by atoms with Crippen molar-refractivity contribution in [2.75, 3.05) is 6.54 Å². The third kappa shape index (κ3) is 4.37. The Bertz CT molecular complexity index is 441. The second-order valence-corrected chi connectivity index (χ2v) is 4.43. The van der Waals surface area contributed by atoms with Gasteiger partial charge in [0.25, 0.3) is 11.8 Å². The first-order valence-electron chi connectivity index (χ1n) is 6.80. The Morgan fingerprint density at radius 2 is 1.33 bits per heavy atom. The minimum absolute atomic E-state index is 0.0255. The van der Waals surface area contributed by atoms with Crippen molar-refractivity contribution in [3.8, 4) is 0 Å². The summed E-state index contributed by atoms with van der Waals surface area (Å²) in [6, 6.07) is 0. The van der Waals surface area contributed by atoms with Gasteiger partial charge in [0.2, 0.25) is 11.8 Å². The number of imide groups is 2. The molecule has 0 spiro atoms. The molecule has 2 heterocycles. The summed E-state index contributed by atoms with van der Waals surface area (Å²) < 4.78 is 0. The topological polar surface area (TPSA) is 101 Å². The van der Waals surface area contributed by atoms with E-state index < -0.39 is 17.8 Å². The van der Waals surface area contributed by atoms with Crippen molar-refractivity contribution in [2.45, 2.75) is 46.0 Å². The maximum absolute atomic E-state index is 10.9. The molecule has 8 nitrogen and oxygen atoms in total. The van der Waals surface area contributed by atoms with Gasteiger partial charge in [-0.05, 0) is 6.92 Å². The number of rotatable bonds is 3. The van der Waals surface area contributed by atoms with E-state index in [-0.39, 0.29) is 31.1 Å². The molecule has 21 heavy (non-hydrogen) atoms. The number of likely N-dealkylation sites (tertiary alicyclic amines) is 1. The fourth-order valence-corrected chi connectivity index (χ4v) is 1.80. The fourth-order valence-electron chi connectivity index (χ4n) is 1.80. The van der Waals surface area contributed by atoms with Crippen LogP contribution in [0.1, 0.15) is 46.0 Å². The zero-order valence-electron chi connectivity index (χ0n) is 12.1. The van der Waals surface area contributed by atoms with Crippen molar-refractivity contribution >= 4 is 29.6 Å². The van der Waals surface area contributed by atoms with E-state index in [1.54, 1.807) is 13.8 Å². The van der Waals surface area contributed by atoms with Crippen LogP contribution in [0, 0.1) is 0 Å². The van der Waals surface area contributed by atoms with Crippen LogP contribution < -0.4 is 0 Å². The lowest BCUT2D eigenvalue weighted by Gasteiger charge is -2.10. The SMILES string of the molecule is CCC(=O)ON1C(=O)CCC1=O.CCN1C(=O)CCC1=O. The molecule has 2 fully saturated rings. The molecule has 0 aromatic heterocycles. The molecule has 2 saturated heterocycles. The summed E-state index contributed by atoms with van der Waals surface area (Å²) in [5, 5.41) is 0.547. The summed E-state index contributed by atoms with van der Waals surface area (Å²) in [5.74, 6) is -1.51. The predicted molar refractivity (Wildman–Crippen MR) is 69.1 cm³/mol. The Balaban J connectivity index is 0.000000219. The van der Waals surface area contributed by atoms with Crippen LogP contribution in [0.4, 0.5) is 0 Å². The molecule has 2 aliphatic heterocycles. The van der Waals surface area contributed by atoms with E-state index in [1.807, 2.05) is 0 Å². The minimum atomic E-state index is -0.571. The van der Waals surface area contributed by atoms with E-state index in [1.165, 1.54) is 4.90 Å². The Labute approximate surface area is 122 Å². The second-order valence-electron chi connectivity index (χ2n) is 4.43. The van der Waals surface area contributed by atoms with Crippen LogP contribution in [0.3, 0.4) is 0 Å². The van der Waals surface area contributed by atoms with Crippen molar-refractivity contribution < 1.29 is 28.8 Å². The monoisotopic (exact) mass is 298 g/mol. The molecule has 0 aliphatic carbocycles. The predicted octanol–water partition coefficient (Wildman–Crippen LogP) is 0.159. The fraction of sp³-hybridized carbons (Fsp3) is 0.615. The van der Waals surface area contributed by atoms with Gasteiger partial charge >= 0.3 is 5.97 Å². The number of nitrogens with zero attached hydrogens (tertiary/aromatic N) is 2. The van der Waals surface area contributed by atoms with Gasteiger partial charge in [-0.2, -0.15) is 0 Å². The van der Waals surface area contributed by atoms with Crippen molar-refractivity contribution in [1.29, 1.82) is 0 Å². The van der Waals surface area contributed by atoms with Gasteiger partial charge in [0.05, 0.1) is 0 Å². The molecule has 2 rings (SSSR count). The highest BCUT2D eigenvalue weighted by molar-refractivity contribution is 6.02. The third-order valence-electron chi connectivity index (χ3n) is 2.96. The maximum Gasteiger partial charge on any atom is 0.332 e. The number of hydrogen-bond acceptors (Lipinski definition) is 6. The first-order valence-corrected chi connectivity index (χ1v) is 6.80. The van der Waals surface area contributed by atoms with E-state index in [4.69, 9.17) is 0 Å². The van der Waals surface area contributed by atoms with Gasteiger partial charge < -0.3 is 4.84 Å². The normalized spacial score (nSPS) is 18.0. The number of carbonyl (C=O) groups is 5. The quantitative estimate of drug-likeness (QED) is 0.688. The molecule has 8 heteroatoms. The molecule has 0 aromatic carbocycles. The van der Waals surface area contributed by atoms with Crippen LogP contribution in [0.2, 0.25) is 0 Å². The smallest absolute Gasteiger partial charge is 0.330 e. The first-order chi connectivity index (χ1) is 9.90. The van der Waals surface area contributed by atoms with Crippen molar-refractivity contribution in [3.63, 3.8) is 0 Å². The van der Waals surface area contributed by atoms with E-state index in [0.717, 1.165) is 0 Å². The summed E-state index contributed by atoms with van der Waals surface area (Å²) in [5.41, 5.74) is 0. The lowest BCUT2D eigenvalue weighted by molar-refractivity contribution is -0.197. The van der Waals surface area contributed by atoms with Crippen LogP contribution in [0.15, 0.2) is 0 Å². The van der Waals surface area contributed by atoms with Gasteiger partial charge in [0.15, 0.2) is 0 Å². The average Bonchev–Trinajstić information content (AvgIpc) is 2.95. The van der Waals surface area contributed by atoms with Gasteiger partial charge in [-0.3, -0.25) is 24.1 Å². The molecule has 0 atom stereocenters. The summed E-state index contributed by atoms with van der Waals surface area (Å²) >= 11 is 0. The molecule has 4 amide bonds. The highest BCUT2D eigenvalue weighted by atomic mass is 16.7. The summed E-state index contributed by atoms with van der Waals surface area (Å²) in [6.07, 6.45) is 1.24. The number of hydrogen-bond donors (Lipinski definition) is 0. The van der Waals surface area contributed by atoms with Gasteiger partial charge in [-0.25, -0.2) is 4.79 Å². The summed E-state index contributed by atoms with van der Waals surface area (Å²) in [6.45, 7) is 3.92. The van der Waals surface area contributed by atoms with Gasteiger partial charge in [0, 0.05) is 38.6 Å². The Kier molecular flexibility index (Phi) is 6.01. The standard InChI is InChI=1S/C7H9NO4.C6H9NO2/c1-2-7(11)12-8-5(9)3-4-6(8)10;1-2-7-5(8)3-4-6(7)9/h2-4H2,1H3;2-4H2,1H3. The molecular formula is C13H18N2O6. The molecule has 0 N–H and O–H groups in total. The van der Waals surface area contributed by atoms with E-state index in [9.17, 15) is 24.0 Å². The molecule has 0 bridgehead atoms. The zero-order chi connectivity index (χ0) is 16.0. The lowest BCUT2D eigenvalue weighted by atomic mass is 10.4. The number of hydroxylamine groups is 2. The van der Waals surface area contributed by atoms with E-state index in [2.05, 4.69) is 4.84 Å². The van der Waals surface area contributed by atoms with Crippen molar-refractivity contribution in [3.05, 3.63) is 0 Å². The van der Waals surface area contributed by atoms with Crippen LogP contribution in [0.25, 0.3) is 0 Å².